The molecule has 0 aliphatic rings. The van der Waals surface area contributed by atoms with E-state index in [9.17, 15) is 8.78 Å². The van der Waals surface area contributed by atoms with Crippen LogP contribution in [-0.4, -0.2) is 5.92 Å². The molecule has 0 nitrogen and oxygen atoms in total. The molecule has 2 aromatic carbocycles. The van der Waals surface area contributed by atoms with Gasteiger partial charge in [0, 0.05) is 12.8 Å². The molecule has 0 fully saturated rings. The van der Waals surface area contributed by atoms with Crippen molar-refractivity contribution in [1.82, 2.24) is 0 Å². The second-order valence-electron chi connectivity index (χ2n) is 4.46. The van der Waals surface area contributed by atoms with Crippen LogP contribution in [0.1, 0.15) is 25.3 Å². The number of rotatable bonds is 4. The van der Waals surface area contributed by atoms with Crippen LogP contribution in [0.2, 0.25) is 0 Å². The molecular formula is C15H16F2. The van der Waals surface area contributed by atoms with E-state index in [1.807, 2.05) is 36.4 Å². The molecule has 0 N–H and O–H groups in total. The molecule has 0 saturated carbocycles. The molecule has 2 rings (SSSR count). The third-order valence-corrected chi connectivity index (χ3v) is 2.89. The van der Waals surface area contributed by atoms with Gasteiger partial charge in [0.25, 0.3) is 5.92 Å². The predicted molar refractivity (Wildman–Crippen MR) is 67.5 cm³/mol. The smallest absolute Gasteiger partial charge is 0.207 e. The van der Waals surface area contributed by atoms with E-state index in [2.05, 4.69) is 0 Å². The van der Waals surface area contributed by atoms with Gasteiger partial charge in [-0.05, 0) is 16.3 Å². The van der Waals surface area contributed by atoms with Crippen LogP contribution in [0.3, 0.4) is 0 Å². The molecule has 0 saturated heterocycles. The molecule has 0 aromatic heterocycles. The lowest BCUT2D eigenvalue weighted by Gasteiger charge is -2.15. The van der Waals surface area contributed by atoms with Gasteiger partial charge in [-0.2, -0.15) is 0 Å². The van der Waals surface area contributed by atoms with Gasteiger partial charge in [-0.15, -0.1) is 0 Å². The first-order chi connectivity index (χ1) is 8.11. The van der Waals surface area contributed by atoms with Crippen molar-refractivity contribution < 1.29 is 8.78 Å². The highest BCUT2D eigenvalue weighted by Gasteiger charge is 2.27. The Hall–Kier alpha value is -1.44. The summed E-state index contributed by atoms with van der Waals surface area (Å²) in [6, 6.07) is 13.4. The average molecular weight is 234 g/mol. The average Bonchev–Trinajstić information content (AvgIpc) is 2.28. The quantitative estimate of drug-likeness (QED) is 0.711. The van der Waals surface area contributed by atoms with Gasteiger partial charge in [0.2, 0.25) is 0 Å². The molecule has 0 spiro atoms. The molecule has 17 heavy (non-hydrogen) atoms. The van der Waals surface area contributed by atoms with Gasteiger partial charge in [-0.3, -0.25) is 0 Å². The highest BCUT2D eigenvalue weighted by atomic mass is 19.3. The number of fused-ring (bicyclic) bond motifs is 1. The molecular weight excluding hydrogens is 218 g/mol. The fourth-order valence-electron chi connectivity index (χ4n) is 2.10. The van der Waals surface area contributed by atoms with Crippen LogP contribution < -0.4 is 0 Å². The van der Waals surface area contributed by atoms with Gasteiger partial charge < -0.3 is 0 Å². The Labute approximate surface area is 100 Å². The summed E-state index contributed by atoms with van der Waals surface area (Å²) in [5, 5.41) is 2.12. The first kappa shape index (κ1) is 12.0. The molecule has 2 heteroatoms. The Kier molecular flexibility index (Phi) is 3.41. The Morgan fingerprint density at radius 1 is 1.00 bits per heavy atom. The van der Waals surface area contributed by atoms with E-state index in [4.69, 9.17) is 0 Å². The van der Waals surface area contributed by atoms with Crippen LogP contribution in [0.25, 0.3) is 10.8 Å². The van der Waals surface area contributed by atoms with Gasteiger partial charge in [0.15, 0.2) is 0 Å². The van der Waals surface area contributed by atoms with Crippen LogP contribution in [-0.2, 0) is 6.42 Å². The summed E-state index contributed by atoms with van der Waals surface area (Å²) in [7, 11) is 0. The SMILES string of the molecule is CCCC(F)(F)Cc1ccc2ccccc2c1. The highest BCUT2D eigenvalue weighted by molar-refractivity contribution is 5.82. The topological polar surface area (TPSA) is 0 Å². The highest BCUT2D eigenvalue weighted by Crippen LogP contribution is 2.26. The summed E-state index contributed by atoms with van der Waals surface area (Å²) in [6.45, 7) is 1.79. The van der Waals surface area contributed by atoms with Crippen molar-refractivity contribution in [3.63, 3.8) is 0 Å². The van der Waals surface area contributed by atoms with E-state index in [0.29, 0.717) is 12.0 Å². The minimum atomic E-state index is -2.59. The zero-order valence-electron chi connectivity index (χ0n) is 9.92. The van der Waals surface area contributed by atoms with Crippen molar-refractivity contribution in [1.29, 1.82) is 0 Å². The normalized spacial score (nSPS) is 11.9. The van der Waals surface area contributed by atoms with Crippen molar-refractivity contribution in [3.05, 3.63) is 48.0 Å². The summed E-state index contributed by atoms with van der Waals surface area (Å²) in [4.78, 5) is 0. The van der Waals surface area contributed by atoms with Crippen LogP contribution in [0.15, 0.2) is 42.5 Å². The summed E-state index contributed by atoms with van der Waals surface area (Å²) >= 11 is 0. The lowest BCUT2D eigenvalue weighted by Crippen LogP contribution is -2.18. The van der Waals surface area contributed by atoms with Gasteiger partial charge in [0.05, 0.1) is 0 Å². The second-order valence-corrected chi connectivity index (χ2v) is 4.46. The van der Waals surface area contributed by atoms with Gasteiger partial charge in [-0.1, -0.05) is 55.8 Å². The van der Waals surface area contributed by atoms with Crippen LogP contribution >= 0.6 is 0 Å². The van der Waals surface area contributed by atoms with Gasteiger partial charge in [-0.25, -0.2) is 8.78 Å². The van der Waals surface area contributed by atoms with E-state index >= 15 is 0 Å². The van der Waals surface area contributed by atoms with E-state index in [1.54, 1.807) is 13.0 Å². The van der Waals surface area contributed by atoms with E-state index in [0.717, 1.165) is 10.8 Å². The largest absolute Gasteiger partial charge is 0.252 e. The lowest BCUT2D eigenvalue weighted by atomic mass is 10.0. The maximum Gasteiger partial charge on any atom is 0.252 e. The first-order valence-corrected chi connectivity index (χ1v) is 5.96. The van der Waals surface area contributed by atoms with Crippen molar-refractivity contribution in [2.75, 3.05) is 0 Å². The van der Waals surface area contributed by atoms with Crippen LogP contribution in [0.4, 0.5) is 8.78 Å². The summed E-state index contributed by atoms with van der Waals surface area (Å²) < 4.78 is 27.0. The molecule has 0 radical (unpaired) electrons. The standard InChI is InChI=1S/C15H16F2/c1-2-9-15(16,17)11-12-7-8-13-5-3-4-6-14(13)10-12/h3-8,10H,2,9,11H2,1H3. The van der Waals surface area contributed by atoms with Crippen molar-refractivity contribution >= 4 is 10.8 Å². The number of alkyl halides is 2. The molecule has 0 amide bonds. The molecule has 0 unspecified atom stereocenters. The van der Waals surface area contributed by atoms with E-state index < -0.39 is 5.92 Å². The van der Waals surface area contributed by atoms with Crippen molar-refractivity contribution in [2.24, 2.45) is 0 Å². The third-order valence-electron chi connectivity index (χ3n) is 2.89. The molecule has 2 aromatic rings. The third kappa shape index (κ3) is 3.02. The maximum atomic E-state index is 13.5. The fourth-order valence-corrected chi connectivity index (χ4v) is 2.10. The van der Waals surface area contributed by atoms with Crippen LogP contribution in [0.5, 0.6) is 0 Å². The zero-order valence-corrected chi connectivity index (χ0v) is 9.92. The zero-order chi connectivity index (χ0) is 12.3. The maximum absolute atomic E-state index is 13.5. The minimum absolute atomic E-state index is 0.0418. The number of halogens is 2. The molecule has 0 aliphatic carbocycles. The van der Waals surface area contributed by atoms with Crippen molar-refractivity contribution in [2.45, 2.75) is 32.1 Å². The van der Waals surface area contributed by atoms with Crippen molar-refractivity contribution in [3.8, 4) is 0 Å². The monoisotopic (exact) mass is 234 g/mol. The lowest BCUT2D eigenvalue weighted by molar-refractivity contribution is -0.00769. The number of hydrogen-bond donors (Lipinski definition) is 0. The molecule has 90 valence electrons. The fraction of sp³-hybridized carbons (Fsp3) is 0.333. The van der Waals surface area contributed by atoms with Crippen LogP contribution in [0, 0.1) is 0 Å². The molecule has 0 bridgehead atoms. The van der Waals surface area contributed by atoms with E-state index in [1.165, 1.54) is 0 Å². The van der Waals surface area contributed by atoms with Gasteiger partial charge in [0.1, 0.15) is 0 Å². The number of benzene rings is 2. The molecule has 0 atom stereocenters. The first-order valence-electron chi connectivity index (χ1n) is 5.96. The number of hydrogen-bond acceptors (Lipinski definition) is 0. The molecule has 0 heterocycles. The van der Waals surface area contributed by atoms with Gasteiger partial charge >= 0.3 is 0 Å². The Morgan fingerprint density at radius 3 is 2.41 bits per heavy atom. The summed E-state index contributed by atoms with van der Waals surface area (Å²) in [6.07, 6.45) is 0.312. The summed E-state index contributed by atoms with van der Waals surface area (Å²) in [5.74, 6) is -2.59. The molecule has 0 aliphatic heterocycles. The Bertz CT molecular complexity index is 503. The predicted octanol–water partition coefficient (Wildman–Crippen LogP) is 4.82. The Morgan fingerprint density at radius 2 is 1.71 bits per heavy atom. The summed E-state index contributed by atoms with van der Waals surface area (Å²) in [5.41, 5.74) is 0.710. The van der Waals surface area contributed by atoms with E-state index in [-0.39, 0.29) is 12.8 Å². The Balaban J connectivity index is 2.25. The second kappa shape index (κ2) is 4.82. The minimum Gasteiger partial charge on any atom is -0.207 e.